The fourth-order valence-electron chi connectivity index (χ4n) is 2.54. The van der Waals surface area contributed by atoms with Crippen LogP contribution in [0.2, 0.25) is 0 Å². The lowest BCUT2D eigenvalue weighted by molar-refractivity contribution is 0.00590. The summed E-state index contributed by atoms with van der Waals surface area (Å²) < 4.78 is 11.1. The van der Waals surface area contributed by atoms with E-state index in [-0.39, 0.29) is 0 Å². The third-order valence-corrected chi connectivity index (χ3v) is 3.90. The molecule has 3 nitrogen and oxygen atoms in total. The van der Waals surface area contributed by atoms with Gasteiger partial charge in [-0.2, -0.15) is 0 Å². The van der Waals surface area contributed by atoms with Gasteiger partial charge in [0.15, 0.2) is 0 Å². The number of ether oxygens (including phenoxy) is 2. The highest BCUT2D eigenvalue weighted by Crippen LogP contribution is 2.28. The van der Waals surface area contributed by atoms with Crippen LogP contribution in [0.4, 0.5) is 0 Å². The maximum Gasteiger partial charge on any atom is 0.0699 e. The molecule has 1 atom stereocenters. The van der Waals surface area contributed by atoms with Crippen molar-refractivity contribution in [2.75, 3.05) is 32.9 Å². The number of hydrogen-bond donors (Lipinski definition) is 1. The van der Waals surface area contributed by atoms with Gasteiger partial charge in [0.05, 0.1) is 6.10 Å². The molecule has 0 bridgehead atoms. The van der Waals surface area contributed by atoms with Crippen molar-refractivity contribution in [3.05, 3.63) is 0 Å². The van der Waals surface area contributed by atoms with Crippen molar-refractivity contribution in [3.8, 4) is 0 Å². The lowest BCUT2D eigenvalue weighted by Gasteiger charge is -2.34. The molecule has 0 aromatic carbocycles. The largest absolute Gasteiger partial charge is 0.381 e. The molecule has 0 aliphatic carbocycles. The Morgan fingerprint density at radius 2 is 2.00 bits per heavy atom. The molecule has 2 heterocycles. The molecular weight excluding hydrogens is 202 g/mol. The molecule has 2 saturated heterocycles. The summed E-state index contributed by atoms with van der Waals surface area (Å²) in [6.07, 6.45) is 6.63. The molecule has 0 amide bonds. The normalized spacial score (nSPS) is 30.2. The molecule has 2 aliphatic heterocycles. The van der Waals surface area contributed by atoms with Crippen LogP contribution in [0.3, 0.4) is 0 Å². The first kappa shape index (κ1) is 12.3. The summed E-state index contributed by atoms with van der Waals surface area (Å²) in [6, 6.07) is 0. The maximum atomic E-state index is 5.71. The summed E-state index contributed by atoms with van der Waals surface area (Å²) in [4.78, 5) is 0. The van der Waals surface area contributed by atoms with E-state index in [0.717, 1.165) is 32.9 Å². The third-order valence-electron chi connectivity index (χ3n) is 3.90. The Balaban J connectivity index is 1.62. The lowest BCUT2D eigenvalue weighted by Crippen LogP contribution is -2.40. The molecule has 2 fully saturated rings. The van der Waals surface area contributed by atoms with Crippen LogP contribution in [-0.2, 0) is 9.47 Å². The molecule has 1 unspecified atom stereocenters. The van der Waals surface area contributed by atoms with Gasteiger partial charge in [0.2, 0.25) is 0 Å². The zero-order valence-corrected chi connectivity index (χ0v) is 10.5. The summed E-state index contributed by atoms with van der Waals surface area (Å²) in [7, 11) is 0. The Hall–Kier alpha value is -0.120. The van der Waals surface area contributed by atoms with Crippen LogP contribution in [0, 0.1) is 5.41 Å². The van der Waals surface area contributed by atoms with Crippen LogP contribution in [-0.4, -0.2) is 39.0 Å². The van der Waals surface area contributed by atoms with Crippen molar-refractivity contribution in [3.63, 3.8) is 0 Å². The summed E-state index contributed by atoms with van der Waals surface area (Å²) in [5, 5.41) is 3.58. The molecule has 0 aromatic heterocycles. The molecule has 3 heteroatoms. The van der Waals surface area contributed by atoms with Gasteiger partial charge in [-0.3, -0.25) is 0 Å². The molecule has 94 valence electrons. The van der Waals surface area contributed by atoms with E-state index in [4.69, 9.17) is 9.47 Å². The smallest absolute Gasteiger partial charge is 0.0699 e. The fourth-order valence-corrected chi connectivity index (χ4v) is 2.54. The van der Waals surface area contributed by atoms with Crippen LogP contribution in [0.25, 0.3) is 0 Å². The van der Waals surface area contributed by atoms with E-state index in [1.807, 2.05) is 0 Å². The van der Waals surface area contributed by atoms with E-state index >= 15 is 0 Å². The number of nitrogens with one attached hydrogen (secondary N) is 1. The van der Waals surface area contributed by atoms with Crippen LogP contribution in [0.1, 0.15) is 39.0 Å². The highest BCUT2D eigenvalue weighted by molar-refractivity contribution is 4.80. The first-order chi connectivity index (χ1) is 7.79. The van der Waals surface area contributed by atoms with E-state index in [1.165, 1.54) is 32.1 Å². The molecule has 0 spiro atoms. The van der Waals surface area contributed by atoms with Gasteiger partial charge in [-0.1, -0.05) is 6.92 Å². The van der Waals surface area contributed by atoms with Gasteiger partial charge < -0.3 is 14.8 Å². The topological polar surface area (TPSA) is 30.5 Å². The van der Waals surface area contributed by atoms with E-state index in [9.17, 15) is 0 Å². The molecule has 16 heavy (non-hydrogen) atoms. The predicted octanol–water partition coefficient (Wildman–Crippen LogP) is 1.96. The van der Waals surface area contributed by atoms with E-state index < -0.39 is 0 Å². The second-order valence-corrected chi connectivity index (χ2v) is 5.54. The van der Waals surface area contributed by atoms with Crippen LogP contribution < -0.4 is 5.32 Å². The van der Waals surface area contributed by atoms with Gasteiger partial charge in [0.25, 0.3) is 0 Å². The van der Waals surface area contributed by atoms with Gasteiger partial charge >= 0.3 is 0 Å². The molecule has 2 rings (SSSR count). The van der Waals surface area contributed by atoms with Crippen molar-refractivity contribution in [2.45, 2.75) is 45.1 Å². The monoisotopic (exact) mass is 227 g/mol. The maximum absolute atomic E-state index is 5.71. The standard InChI is InChI=1S/C13H25NO2/c1-13(5-8-15-9-6-13)11-14-10-12-4-2-3-7-16-12/h12,14H,2-11H2,1H3. The minimum Gasteiger partial charge on any atom is -0.381 e. The second kappa shape index (κ2) is 5.99. The molecule has 1 N–H and O–H groups in total. The van der Waals surface area contributed by atoms with Crippen LogP contribution >= 0.6 is 0 Å². The molecule has 0 radical (unpaired) electrons. The summed E-state index contributed by atoms with van der Waals surface area (Å²) in [5.41, 5.74) is 0.437. The average Bonchev–Trinajstić information content (AvgIpc) is 2.31. The summed E-state index contributed by atoms with van der Waals surface area (Å²) in [6.45, 7) is 7.31. The number of hydrogen-bond acceptors (Lipinski definition) is 3. The fraction of sp³-hybridized carbons (Fsp3) is 1.00. The Kier molecular flexibility index (Phi) is 4.62. The summed E-state index contributed by atoms with van der Waals surface area (Å²) in [5.74, 6) is 0. The SMILES string of the molecule is CC1(CNCC2CCCCO2)CCOCC1. The minimum absolute atomic E-state index is 0.437. The predicted molar refractivity (Wildman–Crippen MR) is 64.6 cm³/mol. The van der Waals surface area contributed by atoms with Crippen molar-refractivity contribution >= 4 is 0 Å². The summed E-state index contributed by atoms with van der Waals surface area (Å²) >= 11 is 0. The van der Waals surface area contributed by atoms with Crippen LogP contribution in [0.15, 0.2) is 0 Å². The zero-order chi connectivity index (χ0) is 11.3. The molecule has 0 saturated carbocycles. The molecule has 0 aromatic rings. The zero-order valence-electron chi connectivity index (χ0n) is 10.5. The van der Waals surface area contributed by atoms with E-state index in [0.29, 0.717) is 11.5 Å². The van der Waals surface area contributed by atoms with Gasteiger partial charge in [-0.15, -0.1) is 0 Å². The third kappa shape index (κ3) is 3.72. The Bertz CT molecular complexity index is 196. The van der Waals surface area contributed by atoms with Crippen molar-refractivity contribution in [2.24, 2.45) is 5.41 Å². The van der Waals surface area contributed by atoms with E-state index in [1.54, 1.807) is 0 Å². The quantitative estimate of drug-likeness (QED) is 0.796. The van der Waals surface area contributed by atoms with Gasteiger partial charge in [0.1, 0.15) is 0 Å². The average molecular weight is 227 g/mol. The van der Waals surface area contributed by atoms with Gasteiger partial charge in [0, 0.05) is 32.9 Å². The van der Waals surface area contributed by atoms with Gasteiger partial charge in [-0.05, 0) is 37.5 Å². The molecule has 2 aliphatic rings. The van der Waals surface area contributed by atoms with Gasteiger partial charge in [-0.25, -0.2) is 0 Å². The van der Waals surface area contributed by atoms with Crippen LogP contribution in [0.5, 0.6) is 0 Å². The number of rotatable bonds is 4. The Morgan fingerprint density at radius 1 is 1.19 bits per heavy atom. The highest BCUT2D eigenvalue weighted by atomic mass is 16.5. The van der Waals surface area contributed by atoms with Crippen molar-refractivity contribution in [1.29, 1.82) is 0 Å². The van der Waals surface area contributed by atoms with Crippen molar-refractivity contribution < 1.29 is 9.47 Å². The lowest BCUT2D eigenvalue weighted by atomic mass is 9.82. The second-order valence-electron chi connectivity index (χ2n) is 5.54. The van der Waals surface area contributed by atoms with Crippen molar-refractivity contribution in [1.82, 2.24) is 5.32 Å². The van der Waals surface area contributed by atoms with E-state index in [2.05, 4.69) is 12.2 Å². The molecular formula is C13H25NO2. The minimum atomic E-state index is 0.437. The first-order valence-electron chi connectivity index (χ1n) is 6.69. The first-order valence-corrected chi connectivity index (χ1v) is 6.69. The highest BCUT2D eigenvalue weighted by Gasteiger charge is 2.27. The Labute approximate surface area is 98.9 Å². The Morgan fingerprint density at radius 3 is 2.69 bits per heavy atom.